The van der Waals surface area contributed by atoms with Gasteiger partial charge in [0.2, 0.25) is 15.9 Å². The smallest absolute Gasteiger partial charge is 0.246 e. The lowest BCUT2D eigenvalue weighted by Crippen LogP contribution is -2.50. The molecule has 4 rings (SSSR count). The molecule has 0 atom stereocenters. The fraction of sp³-hybridized carbons (Fsp3) is 0.455. The van der Waals surface area contributed by atoms with E-state index in [9.17, 15) is 13.2 Å². The SMILES string of the molecule is Cc1nn(C)c(C)c1C=CC(=O)N1CCN(S(=O)(=O)c2ccc3c(c2)OCCCO3)CC1. The molecule has 1 aromatic carbocycles. The Balaban J connectivity index is 1.41. The van der Waals surface area contributed by atoms with Crippen molar-refractivity contribution < 1.29 is 22.7 Å². The number of sulfonamides is 1. The summed E-state index contributed by atoms with van der Waals surface area (Å²) in [5, 5.41) is 4.35. The molecule has 10 heteroatoms. The van der Waals surface area contributed by atoms with E-state index in [2.05, 4.69) is 5.10 Å². The highest BCUT2D eigenvalue weighted by Crippen LogP contribution is 2.33. The van der Waals surface area contributed by atoms with Gasteiger partial charge in [0.1, 0.15) is 0 Å². The number of piperazine rings is 1. The van der Waals surface area contributed by atoms with Gasteiger partial charge in [-0.15, -0.1) is 0 Å². The Morgan fingerprint density at radius 1 is 1.06 bits per heavy atom. The van der Waals surface area contributed by atoms with E-state index < -0.39 is 10.0 Å². The molecule has 2 aliphatic heterocycles. The van der Waals surface area contributed by atoms with Crippen LogP contribution < -0.4 is 9.47 Å². The molecule has 0 saturated carbocycles. The lowest BCUT2D eigenvalue weighted by Gasteiger charge is -2.33. The maximum atomic E-state index is 13.1. The van der Waals surface area contributed by atoms with E-state index in [4.69, 9.17) is 9.47 Å². The fourth-order valence-corrected chi connectivity index (χ4v) is 5.33. The molecule has 2 aliphatic rings. The largest absolute Gasteiger partial charge is 0.490 e. The molecule has 0 N–H and O–H groups in total. The molecule has 0 radical (unpaired) electrons. The number of rotatable bonds is 4. The van der Waals surface area contributed by atoms with Gasteiger partial charge in [-0.2, -0.15) is 9.40 Å². The third kappa shape index (κ3) is 4.37. The second-order valence-electron chi connectivity index (χ2n) is 7.93. The molecule has 3 heterocycles. The lowest BCUT2D eigenvalue weighted by molar-refractivity contribution is -0.127. The molecule has 0 aliphatic carbocycles. The normalized spacial score (nSPS) is 17.5. The average Bonchev–Trinajstić information content (AvgIpc) is 2.94. The second kappa shape index (κ2) is 8.95. The summed E-state index contributed by atoms with van der Waals surface area (Å²) in [7, 11) is -1.82. The van der Waals surface area contributed by atoms with Gasteiger partial charge in [-0.1, -0.05) is 0 Å². The first-order chi connectivity index (χ1) is 15.3. The molecule has 0 spiro atoms. The van der Waals surface area contributed by atoms with Crippen molar-refractivity contribution in [2.45, 2.75) is 25.2 Å². The molecule has 1 saturated heterocycles. The van der Waals surface area contributed by atoms with Crippen molar-refractivity contribution in [3.8, 4) is 11.5 Å². The summed E-state index contributed by atoms with van der Waals surface area (Å²) in [6.07, 6.45) is 4.06. The zero-order valence-corrected chi connectivity index (χ0v) is 19.4. The number of amides is 1. The zero-order valence-electron chi connectivity index (χ0n) is 18.6. The topological polar surface area (TPSA) is 94.0 Å². The van der Waals surface area contributed by atoms with Gasteiger partial charge in [0, 0.05) is 63.0 Å². The maximum Gasteiger partial charge on any atom is 0.246 e. The first kappa shape index (κ1) is 22.3. The van der Waals surface area contributed by atoms with E-state index in [1.807, 2.05) is 20.9 Å². The van der Waals surface area contributed by atoms with Crippen LogP contribution in [0.4, 0.5) is 0 Å². The molecule has 32 heavy (non-hydrogen) atoms. The van der Waals surface area contributed by atoms with Crippen LogP contribution in [0.2, 0.25) is 0 Å². The van der Waals surface area contributed by atoms with Gasteiger partial charge in [0.15, 0.2) is 11.5 Å². The third-order valence-electron chi connectivity index (χ3n) is 5.86. The van der Waals surface area contributed by atoms with Crippen molar-refractivity contribution in [2.75, 3.05) is 39.4 Å². The minimum atomic E-state index is -3.69. The number of fused-ring (bicyclic) bond motifs is 1. The van der Waals surface area contributed by atoms with E-state index in [1.54, 1.807) is 27.8 Å². The lowest BCUT2D eigenvalue weighted by atomic mass is 10.2. The van der Waals surface area contributed by atoms with Crippen molar-refractivity contribution in [3.05, 3.63) is 41.2 Å². The van der Waals surface area contributed by atoms with Crippen LogP contribution in [0.25, 0.3) is 6.08 Å². The molecule has 0 unspecified atom stereocenters. The van der Waals surface area contributed by atoms with E-state index in [0.717, 1.165) is 23.4 Å². The molecule has 1 fully saturated rings. The predicted molar refractivity (Wildman–Crippen MR) is 119 cm³/mol. The van der Waals surface area contributed by atoms with Gasteiger partial charge in [0.25, 0.3) is 0 Å². The number of hydrogen-bond donors (Lipinski definition) is 0. The third-order valence-corrected chi connectivity index (χ3v) is 7.76. The van der Waals surface area contributed by atoms with E-state index >= 15 is 0 Å². The second-order valence-corrected chi connectivity index (χ2v) is 9.87. The van der Waals surface area contributed by atoms with Gasteiger partial charge in [-0.05, 0) is 32.1 Å². The molecular weight excluding hydrogens is 432 g/mol. The van der Waals surface area contributed by atoms with Gasteiger partial charge >= 0.3 is 0 Å². The van der Waals surface area contributed by atoms with Crippen molar-refractivity contribution in [3.63, 3.8) is 0 Å². The molecule has 1 aromatic heterocycles. The molecule has 9 nitrogen and oxygen atoms in total. The summed E-state index contributed by atoms with van der Waals surface area (Å²) in [6, 6.07) is 4.71. The van der Waals surface area contributed by atoms with Gasteiger partial charge in [0.05, 0.1) is 23.8 Å². The van der Waals surface area contributed by atoms with Gasteiger partial charge < -0.3 is 14.4 Å². The number of hydrogen-bond acceptors (Lipinski definition) is 6. The molecule has 1 amide bonds. The molecule has 2 aromatic rings. The Labute approximate surface area is 188 Å². The van der Waals surface area contributed by atoms with Crippen LogP contribution in [0.15, 0.2) is 29.2 Å². The minimum absolute atomic E-state index is 0.139. The fourth-order valence-electron chi connectivity index (χ4n) is 3.89. The Bertz CT molecular complexity index is 1150. The molecular formula is C22H28N4O5S. The number of aryl methyl sites for hydroxylation is 2. The number of nitrogens with zero attached hydrogens (tertiary/aromatic N) is 4. The highest BCUT2D eigenvalue weighted by Gasteiger charge is 2.30. The number of carbonyl (C=O) groups excluding carboxylic acids is 1. The quantitative estimate of drug-likeness (QED) is 0.646. The highest BCUT2D eigenvalue weighted by molar-refractivity contribution is 7.89. The number of aromatic nitrogens is 2. The zero-order chi connectivity index (χ0) is 22.9. The Morgan fingerprint density at radius 3 is 2.41 bits per heavy atom. The summed E-state index contributed by atoms with van der Waals surface area (Å²) >= 11 is 0. The standard InChI is InChI=1S/C22H28N4O5S/c1-16-19(17(2)24(3)23-16)6-8-22(27)25-9-11-26(12-10-25)32(28,29)18-5-7-20-21(15-18)31-14-4-13-30-20/h5-8,15H,4,9-14H2,1-3H3. The van der Waals surface area contributed by atoms with Crippen LogP contribution in [0, 0.1) is 13.8 Å². The molecule has 172 valence electrons. The Hall–Kier alpha value is -2.85. The maximum absolute atomic E-state index is 13.1. The van der Waals surface area contributed by atoms with Crippen molar-refractivity contribution in [2.24, 2.45) is 7.05 Å². The van der Waals surface area contributed by atoms with Crippen LogP contribution in [0.5, 0.6) is 11.5 Å². The van der Waals surface area contributed by atoms with Gasteiger partial charge in [-0.3, -0.25) is 9.48 Å². The highest BCUT2D eigenvalue weighted by atomic mass is 32.2. The van der Waals surface area contributed by atoms with Gasteiger partial charge in [-0.25, -0.2) is 8.42 Å². The van der Waals surface area contributed by atoms with Crippen molar-refractivity contribution in [1.82, 2.24) is 19.0 Å². The van der Waals surface area contributed by atoms with E-state index in [1.165, 1.54) is 16.4 Å². The monoisotopic (exact) mass is 460 g/mol. The van der Waals surface area contributed by atoms with E-state index in [0.29, 0.717) is 37.8 Å². The van der Waals surface area contributed by atoms with Crippen LogP contribution in [-0.2, 0) is 21.9 Å². The number of benzene rings is 1. The number of ether oxygens (including phenoxy) is 2. The van der Waals surface area contributed by atoms with E-state index in [-0.39, 0.29) is 23.9 Å². The number of carbonyl (C=O) groups is 1. The first-order valence-corrected chi connectivity index (χ1v) is 12.1. The van der Waals surface area contributed by atoms with Crippen molar-refractivity contribution >= 4 is 22.0 Å². The van der Waals surface area contributed by atoms with Crippen LogP contribution in [0.3, 0.4) is 0 Å². The summed E-state index contributed by atoms with van der Waals surface area (Å²) < 4.78 is 40.7. The average molecular weight is 461 g/mol. The summed E-state index contributed by atoms with van der Waals surface area (Å²) in [5.74, 6) is 0.867. The van der Waals surface area contributed by atoms with Crippen LogP contribution >= 0.6 is 0 Å². The minimum Gasteiger partial charge on any atom is -0.490 e. The summed E-state index contributed by atoms with van der Waals surface area (Å²) in [6.45, 7) is 6.03. The van der Waals surface area contributed by atoms with Crippen LogP contribution in [0.1, 0.15) is 23.4 Å². The Morgan fingerprint density at radius 2 is 1.75 bits per heavy atom. The van der Waals surface area contributed by atoms with Crippen LogP contribution in [-0.4, -0.2) is 72.7 Å². The predicted octanol–water partition coefficient (Wildman–Crippen LogP) is 1.74. The summed E-state index contributed by atoms with van der Waals surface area (Å²) in [4.78, 5) is 14.5. The van der Waals surface area contributed by atoms with Crippen molar-refractivity contribution in [1.29, 1.82) is 0 Å². The first-order valence-electron chi connectivity index (χ1n) is 10.6. The summed E-state index contributed by atoms with van der Waals surface area (Å²) in [5.41, 5.74) is 2.77. The Kier molecular flexibility index (Phi) is 6.25. The molecule has 0 bridgehead atoms.